The minimum Gasteiger partial charge on any atom is -0.376 e. The van der Waals surface area contributed by atoms with Crippen LogP contribution in [-0.4, -0.2) is 23.1 Å². The number of rotatable bonds is 7. The van der Waals surface area contributed by atoms with Crippen molar-refractivity contribution in [2.45, 2.75) is 23.6 Å². The average molecular weight is 393 g/mol. The minimum atomic E-state index is 0.789. The molecular formula is C18H20N2S4. The van der Waals surface area contributed by atoms with Crippen molar-refractivity contribution < 1.29 is 0 Å². The smallest absolute Gasteiger partial charge is 0.107 e. The topological polar surface area (TPSA) is 24.1 Å². The van der Waals surface area contributed by atoms with Crippen LogP contribution in [0.1, 0.15) is 25.0 Å². The predicted molar refractivity (Wildman–Crippen MR) is 115 cm³/mol. The fourth-order valence-electron chi connectivity index (χ4n) is 2.06. The second kappa shape index (κ2) is 10.0. The first-order valence-electron chi connectivity index (χ1n) is 7.76. The maximum atomic E-state index is 5.48. The van der Waals surface area contributed by atoms with Crippen LogP contribution in [0.2, 0.25) is 0 Å². The van der Waals surface area contributed by atoms with Crippen LogP contribution in [0.3, 0.4) is 0 Å². The molecule has 0 unspecified atom stereocenters. The number of hydrogen-bond donors (Lipinski definition) is 2. The van der Waals surface area contributed by atoms with Crippen LogP contribution in [0.4, 0.5) is 0 Å². The van der Waals surface area contributed by atoms with Gasteiger partial charge >= 0.3 is 0 Å². The van der Waals surface area contributed by atoms with Gasteiger partial charge in [0.25, 0.3) is 0 Å². The maximum absolute atomic E-state index is 5.48. The zero-order valence-electron chi connectivity index (χ0n) is 13.7. The fourth-order valence-corrected chi connectivity index (χ4v) is 5.21. The average Bonchev–Trinajstić information content (AvgIpc) is 2.61. The van der Waals surface area contributed by atoms with Gasteiger partial charge in [0.15, 0.2) is 0 Å². The van der Waals surface area contributed by atoms with Crippen LogP contribution < -0.4 is 10.6 Å². The highest BCUT2D eigenvalue weighted by Crippen LogP contribution is 2.40. The Bertz CT molecular complexity index is 654. The molecule has 2 nitrogen and oxygen atoms in total. The van der Waals surface area contributed by atoms with Crippen molar-refractivity contribution in [2.24, 2.45) is 0 Å². The van der Waals surface area contributed by atoms with Gasteiger partial charge in [-0.2, -0.15) is 0 Å². The first kappa shape index (κ1) is 19.2. The molecule has 2 aromatic rings. The summed E-state index contributed by atoms with van der Waals surface area (Å²) in [5, 5.41) is 6.45. The molecular weight excluding hydrogens is 372 g/mol. The molecule has 2 rings (SSSR count). The third-order valence-corrected chi connectivity index (χ3v) is 6.37. The molecule has 2 N–H and O–H groups in total. The van der Waals surface area contributed by atoms with Crippen molar-refractivity contribution in [3.63, 3.8) is 0 Å². The molecule has 0 atom stereocenters. The van der Waals surface area contributed by atoms with Gasteiger partial charge in [0.1, 0.15) is 9.98 Å². The first-order valence-corrected chi connectivity index (χ1v) is 10.7. The van der Waals surface area contributed by atoms with E-state index in [0.717, 1.165) is 44.0 Å². The van der Waals surface area contributed by atoms with E-state index in [0.29, 0.717) is 0 Å². The molecule has 0 spiro atoms. The Hall–Kier alpha value is -1.08. The molecule has 126 valence electrons. The molecule has 0 aliphatic heterocycles. The van der Waals surface area contributed by atoms with E-state index in [9.17, 15) is 0 Å². The van der Waals surface area contributed by atoms with E-state index in [4.69, 9.17) is 24.4 Å². The summed E-state index contributed by atoms with van der Waals surface area (Å²) >= 11 is 11.0. The van der Waals surface area contributed by atoms with Crippen LogP contribution >= 0.6 is 46.0 Å². The van der Waals surface area contributed by atoms with Gasteiger partial charge in [-0.1, -0.05) is 82.4 Å². The Balaban J connectivity index is 2.18. The van der Waals surface area contributed by atoms with Crippen molar-refractivity contribution in [2.75, 3.05) is 13.1 Å². The van der Waals surface area contributed by atoms with E-state index in [2.05, 4.69) is 48.7 Å². The number of thiocarbonyl (C=S) groups is 2. The highest BCUT2D eigenvalue weighted by atomic mass is 33.1. The lowest BCUT2D eigenvalue weighted by Gasteiger charge is -2.13. The van der Waals surface area contributed by atoms with Crippen molar-refractivity contribution in [3.05, 3.63) is 59.7 Å². The minimum absolute atomic E-state index is 0.789. The monoisotopic (exact) mass is 392 g/mol. The lowest BCUT2D eigenvalue weighted by Crippen LogP contribution is -2.22. The predicted octanol–water partition coefficient (Wildman–Crippen LogP) is 5.06. The van der Waals surface area contributed by atoms with Crippen LogP contribution in [0.15, 0.2) is 58.3 Å². The Morgan fingerprint density at radius 1 is 0.750 bits per heavy atom. The van der Waals surface area contributed by atoms with Gasteiger partial charge in [-0.15, -0.1) is 0 Å². The molecule has 0 amide bonds. The molecule has 6 heteroatoms. The Labute approximate surface area is 162 Å². The zero-order chi connectivity index (χ0) is 17.4. The summed E-state index contributed by atoms with van der Waals surface area (Å²) < 4.78 is 0. The summed E-state index contributed by atoms with van der Waals surface area (Å²) in [5.74, 6) is 0. The van der Waals surface area contributed by atoms with Gasteiger partial charge in [0.05, 0.1) is 0 Å². The van der Waals surface area contributed by atoms with Gasteiger partial charge in [-0.05, 0) is 26.0 Å². The normalized spacial score (nSPS) is 10.2. The molecule has 0 heterocycles. The molecule has 24 heavy (non-hydrogen) atoms. The second-order valence-electron chi connectivity index (χ2n) is 4.88. The third-order valence-electron chi connectivity index (χ3n) is 3.16. The van der Waals surface area contributed by atoms with Crippen molar-refractivity contribution in [1.29, 1.82) is 0 Å². The van der Waals surface area contributed by atoms with Crippen LogP contribution in [0.25, 0.3) is 0 Å². The number of hydrogen-bond acceptors (Lipinski definition) is 4. The largest absolute Gasteiger partial charge is 0.376 e. The Morgan fingerprint density at radius 3 is 1.50 bits per heavy atom. The van der Waals surface area contributed by atoms with Gasteiger partial charge in [-0.25, -0.2) is 0 Å². The van der Waals surface area contributed by atoms with E-state index in [1.807, 2.05) is 24.3 Å². The van der Waals surface area contributed by atoms with Gasteiger partial charge in [-0.3, -0.25) is 0 Å². The molecule has 0 aliphatic rings. The molecule has 0 aliphatic carbocycles. The molecule has 0 saturated carbocycles. The fraction of sp³-hybridized carbons (Fsp3) is 0.222. The Kier molecular flexibility index (Phi) is 8.05. The van der Waals surface area contributed by atoms with Crippen molar-refractivity contribution >= 4 is 56.0 Å². The van der Waals surface area contributed by atoms with Crippen LogP contribution in [0, 0.1) is 0 Å². The van der Waals surface area contributed by atoms with Crippen LogP contribution in [0.5, 0.6) is 0 Å². The van der Waals surface area contributed by atoms with Gasteiger partial charge in [0.2, 0.25) is 0 Å². The zero-order valence-corrected chi connectivity index (χ0v) is 16.9. The van der Waals surface area contributed by atoms with Crippen molar-refractivity contribution in [3.8, 4) is 0 Å². The summed E-state index contributed by atoms with van der Waals surface area (Å²) in [6.07, 6.45) is 0. The molecule has 0 bridgehead atoms. The first-order chi connectivity index (χ1) is 11.7. The second-order valence-corrected chi connectivity index (χ2v) is 7.91. The number of benzene rings is 2. The van der Waals surface area contributed by atoms with Crippen LogP contribution in [-0.2, 0) is 0 Å². The molecule has 0 radical (unpaired) electrons. The summed E-state index contributed by atoms with van der Waals surface area (Å²) in [5.41, 5.74) is 2.14. The van der Waals surface area contributed by atoms with Crippen molar-refractivity contribution in [1.82, 2.24) is 10.6 Å². The standard InChI is InChI=1S/C18H20N2S4/c1-3-19-17(21)13-9-5-7-11-15(13)23-24-16-12-8-6-10-14(16)18(22)20-4-2/h5-12H,3-4H2,1-2H3,(H,19,21)(H,20,22). The van der Waals surface area contributed by atoms with E-state index in [1.165, 1.54) is 0 Å². The van der Waals surface area contributed by atoms with E-state index < -0.39 is 0 Å². The highest BCUT2D eigenvalue weighted by molar-refractivity contribution is 8.76. The Morgan fingerprint density at radius 2 is 1.12 bits per heavy atom. The third kappa shape index (κ3) is 5.21. The van der Waals surface area contributed by atoms with Gasteiger partial charge < -0.3 is 10.6 Å². The molecule has 0 saturated heterocycles. The van der Waals surface area contributed by atoms with Gasteiger partial charge in [0, 0.05) is 34.0 Å². The lowest BCUT2D eigenvalue weighted by atomic mass is 10.2. The summed E-state index contributed by atoms with van der Waals surface area (Å²) in [6.45, 7) is 5.75. The van der Waals surface area contributed by atoms with E-state index >= 15 is 0 Å². The van der Waals surface area contributed by atoms with E-state index in [1.54, 1.807) is 21.6 Å². The van der Waals surface area contributed by atoms with E-state index in [-0.39, 0.29) is 0 Å². The SMILES string of the molecule is CCNC(=S)c1ccccc1SSc1ccccc1C(=S)NCC. The summed E-state index contributed by atoms with van der Waals surface area (Å²) in [4.78, 5) is 3.88. The molecule has 0 fully saturated rings. The quantitative estimate of drug-likeness (QED) is 0.505. The summed E-state index contributed by atoms with van der Waals surface area (Å²) in [6, 6.07) is 16.4. The summed E-state index contributed by atoms with van der Waals surface area (Å²) in [7, 11) is 3.41. The highest BCUT2D eigenvalue weighted by Gasteiger charge is 2.11. The molecule has 0 aromatic heterocycles. The maximum Gasteiger partial charge on any atom is 0.107 e. The number of nitrogens with one attached hydrogen (secondary N) is 2. The lowest BCUT2D eigenvalue weighted by molar-refractivity contribution is 0.979. The molecule has 2 aromatic carbocycles.